The topological polar surface area (TPSA) is 63.6 Å². The number of allylic oxidation sites excluding steroid dienone is 2. The second kappa shape index (κ2) is 4.16. The zero-order valence-corrected chi connectivity index (χ0v) is 10.4. The van der Waals surface area contributed by atoms with Crippen LogP contribution in [0.25, 0.3) is 0 Å². The Kier molecular flexibility index (Phi) is 2.94. The zero-order valence-electron chi connectivity index (χ0n) is 10.4. The second-order valence-electron chi connectivity index (χ2n) is 5.41. The molecule has 0 saturated heterocycles. The molecule has 1 saturated carbocycles. The van der Waals surface area contributed by atoms with Crippen LogP contribution >= 0.6 is 0 Å². The van der Waals surface area contributed by atoms with E-state index in [0.717, 1.165) is 0 Å². The Morgan fingerprint density at radius 1 is 1.33 bits per heavy atom. The molecule has 4 atom stereocenters. The summed E-state index contributed by atoms with van der Waals surface area (Å²) >= 11 is 0. The van der Waals surface area contributed by atoms with Gasteiger partial charge in [-0.05, 0) is 32.1 Å². The number of esters is 1. The molecule has 0 aliphatic heterocycles. The summed E-state index contributed by atoms with van der Waals surface area (Å²) in [7, 11) is 0. The Labute approximate surface area is 106 Å². The Balaban J connectivity index is 2.18. The average molecular weight is 248 g/mol. The highest BCUT2D eigenvalue weighted by Crippen LogP contribution is 2.48. The number of carbonyl (C=O) groups is 2. The van der Waals surface area contributed by atoms with E-state index >= 15 is 0 Å². The highest BCUT2D eigenvalue weighted by molar-refractivity contribution is 5.83. The molecule has 0 spiro atoms. The molecule has 0 aromatic heterocycles. The lowest BCUT2D eigenvalue weighted by atomic mass is 9.83. The first-order chi connectivity index (χ1) is 8.35. The minimum atomic E-state index is -0.994. The SMILES string of the molecule is C#CC(C)(C)OC(=O)[C@@H]1[C@H](C(=O)O)[C@H]2C=C[C@H]1C2. The van der Waals surface area contributed by atoms with Gasteiger partial charge < -0.3 is 9.84 Å². The molecule has 1 fully saturated rings. The smallest absolute Gasteiger partial charge is 0.311 e. The molecule has 0 radical (unpaired) electrons. The Hall–Kier alpha value is -1.76. The van der Waals surface area contributed by atoms with Crippen molar-refractivity contribution >= 4 is 11.9 Å². The van der Waals surface area contributed by atoms with Crippen molar-refractivity contribution in [3.63, 3.8) is 0 Å². The van der Waals surface area contributed by atoms with Crippen molar-refractivity contribution in [1.29, 1.82) is 0 Å². The number of hydrogen-bond donors (Lipinski definition) is 1. The maximum atomic E-state index is 12.1. The van der Waals surface area contributed by atoms with Crippen LogP contribution in [0.3, 0.4) is 0 Å². The third kappa shape index (κ3) is 2.01. The standard InChI is InChI=1S/C14H16O4/c1-4-14(2,3)18-13(17)11-9-6-5-8(7-9)10(11)12(15)16/h1,5-6,8-11H,7H2,2-3H3,(H,15,16)/t8-,9-,10+,11-/m0/s1. The first kappa shape index (κ1) is 12.7. The molecule has 96 valence electrons. The minimum absolute atomic E-state index is 0.0304. The van der Waals surface area contributed by atoms with Crippen LogP contribution in [-0.4, -0.2) is 22.6 Å². The number of carbonyl (C=O) groups excluding carboxylic acids is 1. The molecule has 2 bridgehead atoms. The van der Waals surface area contributed by atoms with Crippen LogP contribution in [0.5, 0.6) is 0 Å². The van der Waals surface area contributed by atoms with Crippen molar-refractivity contribution in [2.24, 2.45) is 23.7 Å². The summed E-state index contributed by atoms with van der Waals surface area (Å²) in [5.41, 5.74) is -0.994. The fraction of sp³-hybridized carbons (Fsp3) is 0.571. The fourth-order valence-corrected chi connectivity index (χ4v) is 2.83. The molecule has 0 unspecified atom stereocenters. The van der Waals surface area contributed by atoms with Gasteiger partial charge in [-0.3, -0.25) is 9.59 Å². The molecular weight excluding hydrogens is 232 g/mol. The largest absolute Gasteiger partial charge is 0.481 e. The summed E-state index contributed by atoms with van der Waals surface area (Å²) in [6.45, 7) is 3.23. The first-order valence-corrected chi connectivity index (χ1v) is 5.97. The van der Waals surface area contributed by atoms with Crippen LogP contribution < -0.4 is 0 Å². The van der Waals surface area contributed by atoms with Gasteiger partial charge >= 0.3 is 11.9 Å². The third-order valence-electron chi connectivity index (χ3n) is 3.72. The van der Waals surface area contributed by atoms with Gasteiger partial charge in [0.05, 0.1) is 11.8 Å². The maximum absolute atomic E-state index is 12.1. The molecule has 2 rings (SSSR count). The zero-order chi connectivity index (χ0) is 13.5. The van der Waals surface area contributed by atoms with Gasteiger partial charge in [-0.25, -0.2) is 0 Å². The highest BCUT2D eigenvalue weighted by Gasteiger charge is 2.53. The van der Waals surface area contributed by atoms with E-state index in [2.05, 4.69) is 5.92 Å². The predicted octanol–water partition coefficient (Wildman–Crippen LogP) is 1.46. The van der Waals surface area contributed by atoms with Crippen LogP contribution in [0.1, 0.15) is 20.3 Å². The van der Waals surface area contributed by atoms with Crippen LogP contribution in [0.2, 0.25) is 0 Å². The van der Waals surface area contributed by atoms with Crippen LogP contribution in [0.15, 0.2) is 12.2 Å². The maximum Gasteiger partial charge on any atom is 0.311 e. The van der Waals surface area contributed by atoms with Crippen molar-refractivity contribution in [1.82, 2.24) is 0 Å². The van der Waals surface area contributed by atoms with E-state index in [-0.39, 0.29) is 11.8 Å². The van der Waals surface area contributed by atoms with Crippen molar-refractivity contribution < 1.29 is 19.4 Å². The van der Waals surface area contributed by atoms with Crippen molar-refractivity contribution in [2.45, 2.75) is 25.9 Å². The van der Waals surface area contributed by atoms with Gasteiger partial charge in [0.15, 0.2) is 5.60 Å². The van der Waals surface area contributed by atoms with Gasteiger partial charge in [-0.15, -0.1) is 6.42 Å². The molecule has 0 amide bonds. The Bertz CT molecular complexity index is 455. The summed E-state index contributed by atoms with van der Waals surface area (Å²) in [5, 5.41) is 9.23. The minimum Gasteiger partial charge on any atom is -0.481 e. The summed E-state index contributed by atoms with van der Waals surface area (Å²) < 4.78 is 5.23. The van der Waals surface area contributed by atoms with Crippen molar-refractivity contribution in [3.05, 3.63) is 12.2 Å². The van der Waals surface area contributed by atoms with E-state index in [4.69, 9.17) is 11.2 Å². The van der Waals surface area contributed by atoms with Gasteiger partial charge in [0.1, 0.15) is 0 Å². The van der Waals surface area contributed by atoms with Gasteiger partial charge in [0, 0.05) is 0 Å². The molecule has 2 aliphatic carbocycles. The number of ether oxygens (including phenoxy) is 1. The number of carboxylic acid groups (broad SMARTS) is 1. The number of terminal acetylenes is 1. The van der Waals surface area contributed by atoms with Gasteiger partial charge in [-0.1, -0.05) is 18.1 Å². The first-order valence-electron chi connectivity index (χ1n) is 5.97. The van der Waals surface area contributed by atoms with E-state index < -0.39 is 29.4 Å². The summed E-state index contributed by atoms with van der Waals surface area (Å²) in [4.78, 5) is 23.4. The lowest BCUT2D eigenvalue weighted by Crippen LogP contribution is -2.38. The average Bonchev–Trinajstić information content (AvgIpc) is 2.87. The lowest BCUT2D eigenvalue weighted by molar-refractivity contribution is -0.164. The summed E-state index contributed by atoms with van der Waals surface area (Å²) in [6.07, 6.45) is 9.79. The predicted molar refractivity (Wildman–Crippen MR) is 64.4 cm³/mol. The number of hydrogen-bond acceptors (Lipinski definition) is 3. The van der Waals surface area contributed by atoms with E-state index in [1.165, 1.54) is 0 Å². The molecule has 4 nitrogen and oxygen atoms in total. The number of rotatable bonds is 3. The third-order valence-corrected chi connectivity index (χ3v) is 3.72. The second-order valence-corrected chi connectivity index (χ2v) is 5.41. The van der Waals surface area contributed by atoms with Gasteiger partial charge in [-0.2, -0.15) is 0 Å². The lowest BCUT2D eigenvalue weighted by Gasteiger charge is -2.27. The molecule has 0 aromatic rings. The molecule has 0 aromatic carbocycles. The van der Waals surface area contributed by atoms with Gasteiger partial charge in [0.2, 0.25) is 0 Å². The summed E-state index contributed by atoms with van der Waals surface area (Å²) in [6, 6.07) is 0. The van der Waals surface area contributed by atoms with Crippen LogP contribution in [-0.2, 0) is 14.3 Å². The molecule has 1 N–H and O–H groups in total. The molecule has 4 heteroatoms. The molecular formula is C14H16O4. The van der Waals surface area contributed by atoms with Crippen molar-refractivity contribution in [3.8, 4) is 12.3 Å². The van der Waals surface area contributed by atoms with Crippen LogP contribution in [0, 0.1) is 36.0 Å². The Morgan fingerprint density at radius 3 is 2.39 bits per heavy atom. The van der Waals surface area contributed by atoms with E-state index in [1.54, 1.807) is 13.8 Å². The number of aliphatic carboxylic acids is 1. The van der Waals surface area contributed by atoms with E-state index in [0.29, 0.717) is 6.42 Å². The molecule has 2 aliphatic rings. The monoisotopic (exact) mass is 248 g/mol. The van der Waals surface area contributed by atoms with E-state index in [1.807, 2.05) is 12.2 Å². The number of fused-ring (bicyclic) bond motifs is 2. The number of carboxylic acids is 1. The van der Waals surface area contributed by atoms with Crippen molar-refractivity contribution in [2.75, 3.05) is 0 Å². The summed E-state index contributed by atoms with van der Waals surface area (Å²) in [5.74, 6) is -0.433. The normalized spacial score (nSPS) is 33.2. The molecule has 18 heavy (non-hydrogen) atoms. The fourth-order valence-electron chi connectivity index (χ4n) is 2.83. The molecule has 0 heterocycles. The highest BCUT2D eigenvalue weighted by atomic mass is 16.6. The van der Waals surface area contributed by atoms with Crippen LogP contribution in [0.4, 0.5) is 0 Å². The van der Waals surface area contributed by atoms with E-state index in [9.17, 15) is 14.7 Å². The quantitative estimate of drug-likeness (QED) is 0.466. The Morgan fingerprint density at radius 2 is 1.89 bits per heavy atom. The van der Waals surface area contributed by atoms with Gasteiger partial charge in [0.25, 0.3) is 0 Å².